The molecule has 0 saturated carbocycles. The van der Waals surface area contributed by atoms with Gasteiger partial charge in [-0.1, -0.05) is 0 Å². The molecule has 7 nitrogen and oxygen atoms in total. The predicted molar refractivity (Wildman–Crippen MR) is 79.9 cm³/mol. The van der Waals surface area contributed by atoms with Gasteiger partial charge >= 0.3 is 0 Å². The van der Waals surface area contributed by atoms with Gasteiger partial charge in [0.2, 0.25) is 5.91 Å². The molecular weight excluding hydrogens is 299 g/mol. The van der Waals surface area contributed by atoms with Gasteiger partial charge in [-0.3, -0.25) is 4.79 Å². The largest absolute Gasteiger partial charge is 0.368 e. The van der Waals surface area contributed by atoms with Crippen molar-refractivity contribution in [2.24, 2.45) is 0 Å². The first-order valence-electron chi connectivity index (χ1n) is 7.23. The summed E-state index contributed by atoms with van der Waals surface area (Å²) in [6.07, 6.45) is 1.38. The van der Waals surface area contributed by atoms with Gasteiger partial charge in [-0.05, 0) is 24.3 Å². The first kappa shape index (κ1) is 15.0. The van der Waals surface area contributed by atoms with Crippen molar-refractivity contribution in [3.05, 3.63) is 42.2 Å². The maximum atomic E-state index is 13.0. The fourth-order valence-electron chi connectivity index (χ4n) is 2.53. The molecule has 3 rings (SSSR count). The number of aromatic nitrogens is 3. The van der Waals surface area contributed by atoms with E-state index in [1.165, 1.54) is 23.1 Å². The van der Waals surface area contributed by atoms with Crippen molar-refractivity contribution in [2.45, 2.75) is 6.54 Å². The molecule has 118 valence electrons. The molecule has 23 heavy (non-hydrogen) atoms. The van der Waals surface area contributed by atoms with Gasteiger partial charge in [0, 0.05) is 31.9 Å². The van der Waals surface area contributed by atoms with E-state index in [1.54, 1.807) is 17.0 Å². The maximum Gasteiger partial charge on any atom is 0.252 e. The SMILES string of the molecule is N#Cc1ncn(CC(=O)N2CCN(c3ccc(F)cc3)CC2)n1. The average molecular weight is 314 g/mol. The Labute approximate surface area is 132 Å². The zero-order valence-corrected chi connectivity index (χ0v) is 12.4. The fourth-order valence-corrected chi connectivity index (χ4v) is 2.53. The lowest BCUT2D eigenvalue weighted by molar-refractivity contribution is -0.132. The van der Waals surface area contributed by atoms with Crippen molar-refractivity contribution >= 4 is 11.6 Å². The van der Waals surface area contributed by atoms with E-state index in [-0.39, 0.29) is 24.1 Å². The molecular formula is C15H15FN6O. The Bertz CT molecular complexity index is 727. The van der Waals surface area contributed by atoms with E-state index in [0.29, 0.717) is 26.2 Å². The van der Waals surface area contributed by atoms with Crippen molar-refractivity contribution in [2.75, 3.05) is 31.1 Å². The lowest BCUT2D eigenvalue weighted by atomic mass is 10.2. The van der Waals surface area contributed by atoms with Crippen LogP contribution in [-0.2, 0) is 11.3 Å². The van der Waals surface area contributed by atoms with E-state index in [4.69, 9.17) is 5.26 Å². The van der Waals surface area contributed by atoms with Gasteiger partial charge < -0.3 is 9.80 Å². The molecule has 8 heteroatoms. The minimum absolute atomic E-state index is 0.0546. The molecule has 0 spiro atoms. The number of nitriles is 1. The third kappa shape index (κ3) is 3.45. The molecule has 0 radical (unpaired) electrons. The second-order valence-corrected chi connectivity index (χ2v) is 5.22. The summed E-state index contributed by atoms with van der Waals surface area (Å²) in [6, 6.07) is 8.18. The van der Waals surface area contributed by atoms with Gasteiger partial charge in [-0.25, -0.2) is 14.1 Å². The zero-order valence-electron chi connectivity index (χ0n) is 12.4. The quantitative estimate of drug-likeness (QED) is 0.831. The molecule has 0 atom stereocenters. The third-order valence-electron chi connectivity index (χ3n) is 3.76. The van der Waals surface area contributed by atoms with Crippen molar-refractivity contribution in [3.63, 3.8) is 0 Å². The van der Waals surface area contributed by atoms with E-state index >= 15 is 0 Å². The number of hydrogen-bond acceptors (Lipinski definition) is 5. The van der Waals surface area contributed by atoms with E-state index in [2.05, 4.69) is 15.0 Å². The number of amides is 1. The minimum atomic E-state index is -0.257. The lowest BCUT2D eigenvalue weighted by Gasteiger charge is -2.36. The van der Waals surface area contributed by atoms with E-state index in [9.17, 15) is 9.18 Å². The van der Waals surface area contributed by atoms with Crippen LogP contribution in [0.15, 0.2) is 30.6 Å². The Morgan fingerprint density at radius 3 is 2.52 bits per heavy atom. The molecule has 0 bridgehead atoms. The predicted octanol–water partition coefficient (Wildman–Crippen LogP) is 0.638. The number of halogens is 1. The van der Waals surface area contributed by atoms with Crippen molar-refractivity contribution in [1.29, 1.82) is 5.26 Å². The summed E-state index contributed by atoms with van der Waals surface area (Å²) in [4.78, 5) is 19.9. The molecule has 1 aliphatic rings. The van der Waals surface area contributed by atoms with Gasteiger partial charge in [-0.2, -0.15) is 5.26 Å². The highest BCUT2D eigenvalue weighted by Gasteiger charge is 2.21. The number of anilines is 1. The number of carbonyl (C=O) groups is 1. The highest BCUT2D eigenvalue weighted by Crippen LogP contribution is 2.17. The van der Waals surface area contributed by atoms with Crippen molar-refractivity contribution < 1.29 is 9.18 Å². The Morgan fingerprint density at radius 1 is 1.22 bits per heavy atom. The standard InChI is InChI=1S/C15H15FN6O/c16-12-1-3-13(4-2-12)20-5-7-21(8-6-20)15(23)10-22-11-18-14(9-17)19-22/h1-4,11H,5-8,10H2. The molecule has 2 aromatic rings. The van der Waals surface area contributed by atoms with Crippen LogP contribution in [0.1, 0.15) is 5.82 Å². The number of rotatable bonds is 3. The van der Waals surface area contributed by atoms with Crippen LogP contribution in [0.25, 0.3) is 0 Å². The summed E-state index contributed by atoms with van der Waals surface area (Å²) >= 11 is 0. The molecule has 0 N–H and O–H groups in total. The molecule has 1 aromatic heterocycles. The van der Waals surface area contributed by atoms with Crippen LogP contribution >= 0.6 is 0 Å². The molecule has 1 aliphatic heterocycles. The normalized spacial score (nSPS) is 14.6. The summed E-state index contributed by atoms with van der Waals surface area (Å²) < 4.78 is 14.3. The molecule has 0 unspecified atom stereocenters. The van der Waals surface area contributed by atoms with Crippen molar-refractivity contribution in [3.8, 4) is 6.07 Å². The maximum absolute atomic E-state index is 13.0. The molecule has 1 aromatic carbocycles. The van der Waals surface area contributed by atoms with Crippen LogP contribution in [0, 0.1) is 17.1 Å². The van der Waals surface area contributed by atoms with Crippen molar-refractivity contribution in [1.82, 2.24) is 19.7 Å². The summed E-state index contributed by atoms with van der Waals surface area (Å²) in [7, 11) is 0. The number of piperazine rings is 1. The van der Waals surface area contributed by atoms with Gasteiger partial charge in [-0.15, -0.1) is 5.10 Å². The lowest BCUT2D eigenvalue weighted by Crippen LogP contribution is -2.49. The molecule has 1 fully saturated rings. The molecule has 0 aliphatic carbocycles. The number of benzene rings is 1. The van der Waals surface area contributed by atoms with Crippen LogP contribution < -0.4 is 4.90 Å². The Kier molecular flexibility index (Phi) is 4.19. The summed E-state index contributed by atoms with van der Waals surface area (Å²) in [5.74, 6) is -0.260. The van der Waals surface area contributed by atoms with Gasteiger partial charge in [0.05, 0.1) is 0 Å². The van der Waals surface area contributed by atoms with E-state index in [0.717, 1.165) is 5.69 Å². The molecule has 1 amide bonds. The van der Waals surface area contributed by atoms with E-state index < -0.39 is 0 Å². The molecule has 2 heterocycles. The zero-order chi connectivity index (χ0) is 16.2. The summed E-state index contributed by atoms with van der Waals surface area (Å²) in [5, 5.41) is 12.6. The summed E-state index contributed by atoms with van der Waals surface area (Å²) in [5.41, 5.74) is 0.952. The fraction of sp³-hybridized carbons (Fsp3) is 0.333. The van der Waals surface area contributed by atoms with Gasteiger partial charge in [0.25, 0.3) is 5.82 Å². The Morgan fingerprint density at radius 2 is 1.91 bits per heavy atom. The molecule has 1 saturated heterocycles. The average Bonchev–Trinajstić information content (AvgIpc) is 3.03. The minimum Gasteiger partial charge on any atom is -0.368 e. The monoisotopic (exact) mass is 314 g/mol. The van der Waals surface area contributed by atoms with Crippen LogP contribution in [0.2, 0.25) is 0 Å². The Hall–Kier alpha value is -2.95. The number of carbonyl (C=O) groups excluding carboxylic acids is 1. The number of nitrogens with zero attached hydrogens (tertiary/aromatic N) is 6. The first-order valence-corrected chi connectivity index (χ1v) is 7.23. The second-order valence-electron chi connectivity index (χ2n) is 5.22. The number of hydrogen-bond donors (Lipinski definition) is 0. The highest BCUT2D eigenvalue weighted by atomic mass is 19.1. The van der Waals surface area contributed by atoms with Gasteiger partial charge in [0.1, 0.15) is 24.8 Å². The first-order chi connectivity index (χ1) is 11.2. The van der Waals surface area contributed by atoms with Gasteiger partial charge in [0.15, 0.2) is 0 Å². The van der Waals surface area contributed by atoms with Crippen LogP contribution in [0.4, 0.5) is 10.1 Å². The van der Waals surface area contributed by atoms with E-state index in [1.807, 2.05) is 6.07 Å². The highest BCUT2D eigenvalue weighted by molar-refractivity contribution is 5.76. The summed E-state index contributed by atoms with van der Waals surface area (Å²) in [6.45, 7) is 2.65. The topological polar surface area (TPSA) is 78.0 Å². The Balaban J connectivity index is 1.55. The smallest absolute Gasteiger partial charge is 0.252 e. The van der Waals surface area contributed by atoms with Crippen LogP contribution in [-0.4, -0.2) is 51.8 Å². The van der Waals surface area contributed by atoms with Crippen LogP contribution in [0.5, 0.6) is 0 Å². The van der Waals surface area contributed by atoms with Crippen LogP contribution in [0.3, 0.4) is 0 Å². The third-order valence-corrected chi connectivity index (χ3v) is 3.76. The second kappa shape index (κ2) is 6.44.